The summed E-state index contributed by atoms with van der Waals surface area (Å²) < 4.78 is 0. The molecule has 0 aliphatic heterocycles. The molecule has 0 aliphatic carbocycles. The highest BCUT2D eigenvalue weighted by atomic mass is 16.2. The Morgan fingerprint density at radius 2 is 2.20 bits per heavy atom. The van der Waals surface area contributed by atoms with E-state index in [2.05, 4.69) is 6.92 Å². The van der Waals surface area contributed by atoms with Crippen molar-refractivity contribution in [1.29, 1.82) is 0 Å². The van der Waals surface area contributed by atoms with Crippen LogP contribution in [0.2, 0.25) is 0 Å². The van der Waals surface area contributed by atoms with Crippen LogP contribution in [0.5, 0.6) is 0 Å². The molecule has 1 heteroatoms. The predicted octanol–water partition coefficient (Wildman–Crippen LogP) is 0.593. The van der Waals surface area contributed by atoms with Crippen molar-refractivity contribution >= 4 is 0 Å². The Morgan fingerprint density at radius 3 is 2.20 bits per heavy atom. The summed E-state index contributed by atoms with van der Waals surface area (Å²) >= 11 is 0. The molecule has 0 aromatic heterocycles. The molecule has 0 unspecified atom stereocenters. The molecule has 0 saturated carbocycles. The summed E-state index contributed by atoms with van der Waals surface area (Å²) in [5.74, 6) is 0. The van der Waals surface area contributed by atoms with Gasteiger partial charge in [-0.25, -0.2) is 0 Å². The molecule has 0 rings (SSSR count). The van der Waals surface area contributed by atoms with Crippen molar-refractivity contribution in [3.63, 3.8) is 0 Å². The van der Waals surface area contributed by atoms with Crippen LogP contribution in [0, 0.1) is 6.92 Å². The lowest BCUT2D eigenvalue weighted by Gasteiger charge is -1.79. The van der Waals surface area contributed by atoms with Crippen molar-refractivity contribution in [2.24, 2.45) is 0 Å². The average Bonchev–Trinajstić information content (AvgIpc) is 1.41. The highest BCUT2D eigenvalue weighted by Gasteiger charge is 1.69. The second-order valence-electron chi connectivity index (χ2n) is 0.931. The van der Waals surface area contributed by atoms with E-state index in [1.54, 1.807) is 0 Å². The Bertz CT molecular complexity index is 11.1. The van der Waals surface area contributed by atoms with Crippen LogP contribution in [0.3, 0.4) is 0 Å². The van der Waals surface area contributed by atoms with Gasteiger partial charge in [-0.3, -0.25) is 0 Å². The molecule has 0 aromatic rings. The summed E-state index contributed by atoms with van der Waals surface area (Å²) in [5, 5.41) is 8.03. The van der Waals surface area contributed by atoms with Crippen LogP contribution in [0.4, 0.5) is 0 Å². The Balaban J connectivity index is 2.19. The van der Waals surface area contributed by atoms with E-state index in [4.69, 9.17) is 5.11 Å². The van der Waals surface area contributed by atoms with Gasteiger partial charge in [0.15, 0.2) is 0 Å². The average molecular weight is 73.1 g/mol. The first kappa shape index (κ1) is 4.96. The van der Waals surface area contributed by atoms with Gasteiger partial charge in [0.25, 0.3) is 0 Å². The number of hydrogen-bond donors (Lipinski definition) is 1. The molecule has 0 saturated heterocycles. The minimum atomic E-state index is 0.281. The van der Waals surface area contributed by atoms with Crippen molar-refractivity contribution in [2.45, 2.75) is 12.8 Å². The third kappa shape index (κ3) is 3.96. The van der Waals surface area contributed by atoms with E-state index in [1.807, 2.05) is 0 Å². The molecule has 0 aliphatic rings. The van der Waals surface area contributed by atoms with Gasteiger partial charge in [0.1, 0.15) is 0 Å². The van der Waals surface area contributed by atoms with Crippen molar-refractivity contribution in [3.8, 4) is 0 Å². The summed E-state index contributed by atoms with van der Waals surface area (Å²) in [6.45, 7) is 3.80. The van der Waals surface area contributed by atoms with Gasteiger partial charge in [0.2, 0.25) is 0 Å². The SMILES string of the molecule is [CH2]CCCO. The van der Waals surface area contributed by atoms with Gasteiger partial charge in [-0.05, 0) is 6.42 Å². The molecule has 0 aromatic carbocycles. The molecule has 1 N–H and O–H groups in total. The Labute approximate surface area is 32.6 Å². The molecule has 0 fully saturated rings. The third-order valence-electron chi connectivity index (χ3n) is 0.408. The molecule has 31 valence electrons. The van der Waals surface area contributed by atoms with Crippen LogP contribution in [-0.4, -0.2) is 11.7 Å². The van der Waals surface area contributed by atoms with Gasteiger partial charge in [0.05, 0.1) is 0 Å². The quantitative estimate of drug-likeness (QED) is 0.507. The largest absolute Gasteiger partial charge is 0.396 e. The molecule has 1 nitrogen and oxygen atoms in total. The monoisotopic (exact) mass is 73.1 g/mol. The van der Waals surface area contributed by atoms with E-state index < -0.39 is 0 Å². The van der Waals surface area contributed by atoms with E-state index in [0.29, 0.717) is 0 Å². The molecular formula is C4H9O. The molecular weight excluding hydrogens is 64.0 g/mol. The van der Waals surface area contributed by atoms with Crippen molar-refractivity contribution in [1.82, 2.24) is 0 Å². The number of unbranched alkanes of at least 4 members (excludes halogenated alkanes) is 1. The molecule has 0 heterocycles. The summed E-state index contributed by atoms with van der Waals surface area (Å²) in [6, 6.07) is 0. The second kappa shape index (κ2) is 3.96. The van der Waals surface area contributed by atoms with Gasteiger partial charge < -0.3 is 5.11 Å². The lowest BCUT2D eigenvalue weighted by Crippen LogP contribution is -1.75. The summed E-state index contributed by atoms with van der Waals surface area (Å²) in [4.78, 5) is 0. The van der Waals surface area contributed by atoms with Crippen LogP contribution in [0.25, 0.3) is 0 Å². The number of aliphatic hydroxyl groups is 1. The number of rotatable bonds is 2. The first-order chi connectivity index (χ1) is 2.41. The molecule has 0 amide bonds. The van der Waals surface area contributed by atoms with Crippen molar-refractivity contribution in [3.05, 3.63) is 6.92 Å². The first-order valence-corrected chi connectivity index (χ1v) is 1.82. The Morgan fingerprint density at radius 1 is 1.60 bits per heavy atom. The maximum Gasteiger partial charge on any atom is 0.0431 e. The van der Waals surface area contributed by atoms with E-state index in [0.717, 1.165) is 12.8 Å². The van der Waals surface area contributed by atoms with Gasteiger partial charge in [-0.2, -0.15) is 0 Å². The van der Waals surface area contributed by atoms with Crippen LogP contribution in [0.15, 0.2) is 0 Å². The minimum Gasteiger partial charge on any atom is -0.396 e. The number of aliphatic hydroxyl groups excluding tert-OH is 1. The molecule has 1 radical (unpaired) electrons. The normalized spacial score (nSPS) is 8.40. The Kier molecular flexibility index (Phi) is 3.93. The topological polar surface area (TPSA) is 20.2 Å². The lowest BCUT2D eigenvalue weighted by atomic mass is 10.4. The molecule has 0 bridgehead atoms. The van der Waals surface area contributed by atoms with E-state index in [9.17, 15) is 0 Å². The van der Waals surface area contributed by atoms with Crippen LogP contribution >= 0.6 is 0 Å². The zero-order valence-electron chi connectivity index (χ0n) is 3.28. The second-order valence-corrected chi connectivity index (χ2v) is 0.931. The Hall–Kier alpha value is -0.0400. The third-order valence-corrected chi connectivity index (χ3v) is 0.408. The fourth-order valence-corrected chi connectivity index (χ4v) is 0.112. The summed E-state index contributed by atoms with van der Waals surface area (Å²) in [6.07, 6.45) is 1.68. The molecule has 0 spiro atoms. The fraction of sp³-hybridized carbons (Fsp3) is 0.750. The lowest BCUT2D eigenvalue weighted by molar-refractivity contribution is 0.289. The summed E-state index contributed by atoms with van der Waals surface area (Å²) in [7, 11) is 0. The zero-order valence-corrected chi connectivity index (χ0v) is 3.28. The van der Waals surface area contributed by atoms with Gasteiger partial charge in [-0.1, -0.05) is 13.3 Å². The van der Waals surface area contributed by atoms with Crippen molar-refractivity contribution in [2.75, 3.05) is 6.61 Å². The highest BCUT2D eigenvalue weighted by molar-refractivity contribution is 4.34. The minimum absolute atomic E-state index is 0.281. The predicted molar refractivity (Wildman–Crippen MR) is 21.7 cm³/mol. The van der Waals surface area contributed by atoms with E-state index >= 15 is 0 Å². The van der Waals surface area contributed by atoms with E-state index in [-0.39, 0.29) is 6.61 Å². The maximum atomic E-state index is 8.03. The fourth-order valence-electron chi connectivity index (χ4n) is 0.112. The van der Waals surface area contributed by atoms with Crippen LogP contribution in [0.1, 0.15) is 12.8 Å². The number of hydrogen-bond acceptors (Lipinski definition) is 1. The van der Waals surface area contributed by atoms with Gasteiger partial charge in [0, 0.05) is 6.61 Å². The smallest absolute Gasteiger partial charge is 0.0431 e. The first-order valence-electron chi connectivity index (χ1n) is 1.82. The standard InChI is InChI=1S/C4H9O/c1-2-3-4-5/h5H,1-4H2. The molecule has 0 atom stereocenters. The zero-order chi connectivity index (χ0) is 4.12. The van der Waals surface area contributed by atoms with Gasteiger partial charge >= 0.3 is 0 Å². The van der Waals surface area contributed by atoms with E-state index in [1.165, 1.54) is 0 Å². The highest BCUT2D eigenvalue weighted by Crippen LogP contribution is 1.78. The van der Waals surface area contributed by atoms with Gasteiger partial charge in [-0.15, -0.1) is 0 Å². The van der Waals surface area contributed by atoms with Crippen LogP contribution < -0.4 is 0 Å². The van der Waals surface area contributed by atoms with Crippen LogP contribution in [-0.2, 0) is 0 Å². The summed E-state index contributed by atoms with van der Waals surface area (Å²) in [5.41, 5.74) is 0. The van der Waals surface area contributed by atoms with Crippen molar-refractivity contribution < 1.29 is 5.11 Å². The maximum absolute atomic E-state index is 8.03. The molecule has 5 heavy (non-hydrogen) atoms.